The van der Waals surface area contributed by atoms with Crippen molar-refractivity contribution >= 4 is 31.8 Å². The van der Waals surface area contributed by atoms with Crippen LogP contribution in [-0.2, 0) is 16.6 Å². The monoisotopic (exact) mass is 536 g/mol. The Morgan fingerprint density at radius 2 is 1.82 bits per heavy atom. The number of aromatic nitrogens is 3. The van der Waals surface area contributed by atoms with Gasteiger partial charge in [0.05, 0.1) is 39.5 Å². The number of aryl methyl sites for hydroxylation is 2. The molecule has 0 bridgehead atoms. The lowest BCUT2D eigenvalue weighted by Crippen LogP contribution is -2.14. The smallest absolute Gasteiger partial charge is 0.272 e. The average molecular weight is 537 g/mol. The molecule has 2 heterocycles. The minimum Gasteiger partial charge on any atom is -0.493 e. The van der Waals surface area contributed by atoms with Crippen LogP contribution in [0.25, 0.3) is 21.8 Å². The molecule has 11 heteroatoms. The Kier molecular flexibility index (Phi) is 6.28. The van der Waals surface area contributed by atoms with Crippen molar-refractivity contribution in [2.24, 2.45) is 0 Å². The molecule has 0 saturated carbocycles. The van der Waals surface area contributed by atoms with E-state index < -0.39 is 23.1 Å². The first kappa shape index (κ1) is 25.2. The molecule has 0 aliphatic heterocycles. The van der Waals surface area contributed by atoms with E-state index >= 15 is 0 Å². The third-order valence-corrected chi connectivity index (χ3v) is 7.98. The molecule has 0 unspecified atom stereocenters. The van der Waals surface area contributed by atoms with Crippen LogP contribution in [-0.4, -0.2) is 40.3 Å². The number of nitriles is 1. The van der Waals surface area contributed by atoms with E-state index in [4.69, 9.17) is 4.74 Å². The largest absolute Gasteiger partial charge is 0.493 e. The maximum atomic E-state index is 13.5. The van der Waals surface area contributed by atoms with Crippen molar-refractivity contribution in [1.29, 1.82) is 5.26 Å². The Hall–Kier alpha value is -4.43. The van der Waals surface area contributed by atoms with E-state index in [1.54, 1.807) is 37.3 Å². The van der Waals surface area contributed by atoms with Gasteiger partial charge in [0.15, 0.2) is 0 Å². The van der Waals surface area contributed by atoms with E-state index in [1.807, 2.05) is 13.0 Å². The Balaban J connectivity index is 1.69. The lowest BCUT2D eigenvalue weighted by Gasteiger charge is -2.16. The summed E-state index contributed by atoms with van der Waals surface area (Å²) in [4.78, 5) is 0.101. The lowest BCUT2D eigenvalue weighted by atomic mass is 10.0. The number of rotatable bonds is 7. The molecule has 0 amide bonds. The summed E-state index contributed by atoms with van der Waals surface area (Å²) < 4.78 is 61.0. The van der Waals surface area contributed by atoms with E-state index in [9.17, 15) is 27.6 Å². The van der Waals surface area contributed by atoms with E-state index in [0.717, 1.165) is 9.54 Å². The molecule has 0 radical (unpaired) electrons. The van der Waals surface area contributed by atoms with Crippen molar-refractivity contribution in [3.8, 4) is 17.7 Å². The van der Waals surface area contributed by atoms with Crippen molar-refractivity contribution in [1.82, 2.24) is 13.8 Å². The molecule has 0 atom stereocenters. The highest BCUT2D eigenvalue weighted by Crippen LogP contribution is 2.36. The summed E-state index contributed by atoms with van der Waals surface area (Å²) in [5.74, 6) is -0.102. The summed E-state index contributed by atoms with van der Waals surface area (Å²) >= 11 is 0. The van der Waals surface area contributed by atoms with Crippen LogP contribution in [0.2, 0.25) is 0 Å². The normalized spacial score (nSPS) is 11.9. The second-order valence-electron chi connectivity index (χ2n) is 8.89. The van der Waals surface area contributed by atoms with Gasteiger partial charge in [-0.05, 0) is 61.9 Å². The summed E-state index contributed by atoms with van der Waals surface area (Å²) in [6.07, 6.45) is -1.32. The molecule has 8 nitrogen and oxygen atoms in total. The second-order valence-corrected chi connectivity index (χ2v) is 10.7. The molecule has 3 aromatic carbocycles. The first-order valence-electron chi connectivity index (χ1n) is 11.6. The third-order valence-electron chi connectivity index (χ3n) is 6.29. The van der Waals surface area contributed by atoms with Crippen molar-refractivity contribution in [2.75, 3.05) is 6.61 Å². The highest BCUT2D eigenvalue weighted by atomic mass is 32.2. The quantitative estimate of drug-likeness (QED) is 0.309. The Morgan fingerprint density at radius 3 is 2.50 bits per heavy atom. The van der Waals surface area contributed by atoms with Crippen molar-refractivity contribution in [3.05, 3.63) is 83.0 Å². The Labute approximate surface area is 217 Å². The molecule has 1 N–H and O–H groups in total. The van der Waals surface area contributed by atoms with E-state index in [-0.39, 0.29) is 23.1 Å². The number of alkyl halides is 2. The molecule has 5 rings (SSSR count). The summed E-state index contributed by atoms with van der Waals surface area (Å²) in [6, 6.07) is 16.2. The highest BCUT2D eigenvalue weighted by Gasteiger charge is 2.24. The number of hydrogen-bond donors (Lipinski definition) is 1. The van der Waals surface area contributed by atoms with Gasteiger partial charge in [-0.3, -0.25) is 0 Å². The second kappa shape index (κ2) is 9.46. The summed E-state index contributed by atoms with van der Waals surface area (Å²) in [5.41, 5.74) is 2.90. The molecule has 194 valence electrons. The molecule has 0 aliphatic rings. The van der Waals surface area contributed by atoms with Crippen molar-refractivity contribution < 1.29 is 27.0 Å². The number of nitrogens with zero attached hydrogens (tertiary/aromatic N) is 4. The van der Waals surface area contributed by atoms with E-state index in [2.05, 4.69) is 5.10 Å². The number of halogens is 2. The molecule has 5 aromatic rings. The van der Waals surface area contributed by atoms with Crippen molar-refractivity contribution in [2.45, 2.75) is 31.7 Å². The molecular formula is C27H22F2N4O4S. The Bertz CT molecular complexity index is 1840. The number of ether oxygens (including phenoxy) is 1. The fourth-order valence-electron chi connectivity index (χ4n) is 4.45. The zero-order valence-corrected chi connectivity index (χ0v) is 21.2. The summed E-state index contributed by atoms with van der Waals surface area (Å²) in [5, 5.41) is 25.2. The number of aromatic hydroxyl groups is 1. The minimum absolute atomic E-state index is 0.101. The topological polar surface area (TPSA) is 110 Å². The van der Waals surface area contributed by atoms with Crippen LogP contribution >= 0.6 is 0 Å². The van der Waals surface area contributed by atoms with E-state index in [1.165, 1.54) is 35.1 Å². The molecule has 0 saturated heterocycles. The van der Waals surface area contributed by atoms with Crippen LogP contribution < -0.4 is 4.74 Å². The average Bonchev–Trinajstić information content (AvgIpc) is 3.47. The maximum Gasteiger partial charge on any atom is 0.272 e. The predicted octanol–water partition coefficient (Wildman–Crippen LogP) is 5.11. The summed E-state index contributed by atoms with van der Waals surface area (Å²) in [6.45, 7) is 2.56. The van der Waals surface area contributed by atoms with Gasteiger partial charge in [-0.25, -0.2) is 25.9 Å². The molecule has 2 aromatic heterocycles. The van der Waals surface area contributed by atoms with Gasteiger partial charge >= 0.3 is 0 Å². The van der Waals surface area contributed by atoms with E-state index in [0.29, 0.717) is 38.5 Å². The van der Waals surface area contributed by atoms with Gasteiger partial charge in [-0.2, -0.15) is 10.4 Å². The lowest BCUT2D eigenvalue weighted by molar-refractivity contribution is 0.0814. The third kappa shape index (κ3) is 4.33. The van der Waals surface area contributed by atoms with Gasteiger partial charge in [0.2, 0.25) is 5.88 Å². The molecule has 0 spiro atoms. The minimum atomic E-state index is -3.97. The van der Waals surface area contributed by atoms with Crippen LogP contribution in [0.5, 0.6) is 11.6 Å². The van der Waals surface area contributed by atoms with Gasteiger partial charge < -0.3 is 9.84 Å². The number of fused-ring (bicyclic) bond motifs is 2. The molecule has 38 heavy (non-hydrogen) atoms. The van der Waals surface area contributed by atoms with Gasteiger partial charge in [0.25, 0.3) is 16.4 Å². The zero-order chi connectivity index (χ0) is 27.2. The standard InChI is InChI=1S/C27H22F2N4O4S/c1-16-3-6-19(7-4-16)38(35,36)33-10-9-20-22(24(37-15-25(28)29)11-17(2)26(20)33)14-32-27(34)21-12-18(13-30)5-8-23(21)31-32/h3-12,25,34H,14-15H2,1-2H3. The van der Waals surface area contributed by atoms with Crippen LogP contribution in [0, 0.1) is 25.2 Å². The van der Waals surface area contributed by atoms with Gasteiger partial charge in [0, 0.05) is 17.1 Å². The first-order valence-corrected chi connectivity index (χ1v) is 13.0. The Morgan fingerprint density at radius 1 is 1.08 bits per heavy atom. The van der Waals surface area contributed by atoms with Gasteiger partial charge in [-0.1, -0.05) is 17.7 Å². The summed E-state index contributed by atoms with van der Waals surface area (Å²) in [7, 11) is -3.97. The number of benzene rings is 3. The predicted molar refractivity (Wildman–Crippen MR) is 137 cm³/mol. The molecule has 0 aliphatic carbocycles. The van der Waals surface area contributed by atoms with Crippen LogP contribution in [0.15, 0.2) is 65.7 Å². The first-order chi connectivity index (χ1) is 18.1. The molecule has 0 fully saturated rings. The van der Waals surface area contributed by atoms with Crippen molar-refractivity contribution in [3.63, 3.8) is 0 Å². The highest BCUT2D eigenvalue weighted by molar-refractivity contribution is 7.90. The van der Waals surface area contributed by atoms with Crippen LogP contribution in [0.1, 0.15) is 22.3 Å². The van der Waals surface area contributed by atoms with Crippen LogP contribution in [0.4, 0.5) is 8.78 Å². The number of hydrogen-bond acceptors (Lipinski definition) is 6. The fraction of sp³-hybridized carbons (Fsp3) is 0.185. The SMILES string of the molecule is Cc1ccc(S(=O)(=O)n2ccc3c(Cn4nc5ccc(C#N)cc5c4O)c(OCC(F)F)cc(C)c32)cc1. The zero-order valence-electron chi connectivity index (χ0n) is 20.4. The van der Waals surface area contributed by atoms with Gasteiger partial charge in [-0.15, -0.1) is 0 Å². The molecular weight excluding hydrogens is 514 g/mol. The van der Waals surface area contributed by atoms with Gasteiger partial charge in [0.1, 0.15) is 12.4 Å². The maximum absolute atomic E-state index is 13.5. The fourth-order valence-corrected chi connectivity index (χ4v) is 5.86. The van der Waals surface area contributed by atoms with Crippen LogP contribution in [0.3, 0.4) is 0 Å².